The summed E-state index contributed by atoms with van der Waals surface area (Å²) in [5.74, 6) is 1.21. The number of piperidine rings is 1. The van der Waals surface area contributed by atoms with Crippen molar-refractivity contribution in [2.75, 3.05) is 24.3 Å². The predicted octanol–water partition coefficient (Wildman–Crippen LogP) is 3.05. The second-order valence-corrected chi connectivity index (χ2v) is 10.3. The Bertz CT molecular complexity index is 1350. The van der Waals surface area contributed by atoms with E-state index in [2.05, 4.69) is 35.6 Å². The number of methoxy groups -OCH3 is 1. The lowest BCUT2D eigenvalue weighted by atomic mass is 9.96. The van der Waals surface area contributed by atoms with Crippen molar-refractivity contribution in [2.45, 2.75) is 43.7 Å². The molecule has 0 saturated carbocycles. The van der Waals surface area contributed by atoms with Crippen LogP contribution < -0.4 is 25.4 Å². The van der Waals surface area contributed by atoms with Crippen LogP contribution in [0.2, 0.25) is 0 Å². The molecule has 1 aromatic heterocycles. The van der Waals surface area contributed by atoms with Crippen LogP contribution in [0.5, 0.6) is 5.75 Å². The molecular weight excluding hydrogens is 482 g/mol. The van der Waals surface area contributed by atoms with Gasteiger partial charge in [0.25, 0.3) is 0 Å². The molecule has 0 radical (unpaired) electrons. The molecule has 1 saturated heterocycles. The lowest BCUT2D eigenvalue weighted by molar-refractivity contribution is -0.120. The molecule has 0 aliphatic carbocycles. The van der Waals surface area contributed by atoms with E-state index in [1.807, 2.05) is 18.2 Å². The number of anilines is 4. The highest BCUT2D eigenvalue weighted by Crippen LogP contribution is 2.32. The van der Waals surface area contributed by atoms with Crippen LogP contribution in [0, 0.1) is 0 Å². The summed E-state index contributed by atoms with van der Waals surface area (Å²) in [6, 6.07) is 11.8. The number of nitrogens with one attached hydrogen (secondary N) is 4. The van der Waals surface area contributed by atoms with Crippen LogP contribution in [-0.2, 0) is 14.8 Å². The summed E-state index contributed by atoms with van der Waals surface area (Å²) in [4.78, 5) is 24.6. The van der Waals surface area contributed by atoms with E-state index >= 15 is 0 Å². The number of rotatable bonds is 9. The number of ketones is 1. The topological polar surface area (TPSA) is 147 Å². The van der Waals surface area contributed by atoms with Crippen LogP contribution in [0.25, 0.3) is 0 Å². The standard InChI is InChI=1S/C24H29N7O4S/c1-15(2)31-36(33,34)22-7-5-4-6-19(22)29-24-27-14-26-23(30-24)28-18-9-8-16(12-21(18)35-3)20-13-17(32)10-11-25-20/h4-9,12,14-15,20,25,31H,10-11,13H2,1-3H3,(H2,26,27,28,29,30). The summed E-state index contributed by atoms with van der Waals surface area (Å²) in [5, 5.41) is 9.44. The fraction of sp³-hybridized carbons (Fsp3) is 0.333. The van der Waals surface area contributed by atoms with E-state index in [0.717, 1.165) is 5.56 Å². The molecule has 1 aliphatic rings. The lowest BCUT2D eigenvalue weighted by Crippen LogP contribution is -2.31. The molecule has 1 atom stereocenters. The maximum absolute atomic E-state index is 12.7. The van der Waals surface area contributed by atoms with Gasteiger partial charge >= 0.3 is 0 Å². The van der Waals surface area contributed by atoms with E-state index in [-0.39, 0.29) is 34.7 Å². The Labute approximate surface area is 210 Å². The molecule has 0 amide bonds. The van der Waals surface area contributed by atoms with Gasteiger partial charge in [-0.2, -0.15) is 4.98 Å². The van der Waals surface area contributed by atoms with Gasteiger partial charge in [0.05, 0.1) is 18.5 Å². The van der Waals surface area contributed by atoms with Crippen molar-refractivity contribution in [3.8, 4) is 5.75 Å². The average Bonchev–Trinajstić information content (AvgIpc) is 2.84. The number of carbonyl (C=O) groups is 1. The van der Waals surface area contributed by atoms with Crippen molar-refractivity contribution in [3.05, 3.63) is 54.4 Å². The maximum Gasteiger partial charge on any atom is 0.242 e. The molecule has 11 nitrogen and oxygen atoms in total. The van der Waals surface area contributed by atoms with Crippen LogP contribution in [-0.4, -0.2) is 48.8 Å². The number of sulfonamides is 1. The van der Waals surface area contributed by atoms with Gasteiger partial charge in [0.2, 0.25) is 21.9 Å². The summed E-state index contributed by atoms with van der Waals surface area (Å²) in [6.07, 6.45) is 2.32. The first-order valence-electron chi connectivity index (χ1n) is 11.5. The van der Waals surface area contributed by atoms with E-state index in [9.17, 15) is 13.2 Å². The van der Waals surface area contributed by atoms with Gasteiger partial charge in [0.15, 0.2) is 0 Å². The minimum atomic E-state index is -3.74. The molecule has 0 spiro atoms. The van der Waals surface area contributed by atoms with Crippen molar-refractivity contribution < 1.29 is 17.9 Å². The van der Waals surface area contributed by atoms with Crippen LogP contribution in [0.15, 0.2) is 53.7 Å². The molecule has 2 heterocycles. The van der Waals surface area contributed by atoms with Crippen LogP contribution in [0.4, 0.5) is 23.3 Å². The monoisotopic (exact) mass is 511 g/mol. The van der Waals surface area contributed by atoms with E-state index in [1.165, 1.54) is 12.4 Å². The summed E-state index contributed by atoms with van der Waals surface area (Å²) in [5.41, 5.74) is 1.92. The van der Waals surface area contributed by atoms with Gasteiger partial charge < -0.3 is 20.7 Å². The second kappa shape index (κ2) is 11.0. The average molecular weight is 512 g/mol. The van der Waals surface area contributed by atoms with Gasteiger partial charge in [-0.25, -0.2) is 23.1 Å². The summed E-state index contributed by atoms with van der Waals surface area (Å²) in [7, 11) is -2.17. The fourth-order valence-electron chi connectivity index (χ4n) is 3.89. The number of Topliss-reactive ketones (excluding diaryl/α,β-unsaturated/α-hetero) is 1. The Kier molecular flexibility index (Phi) is 7.77. The van der Waals surface area contributed by atoms with E-state index in [0.29, 0.717) is 36.5 Å². The van der Waals surface area contributed by atoms with Crippen molar-refractivity contribution in [3.63, 3.8) is 0 Å². The van der Waals surface area contributed by atoms with Crippen molar-refractivity contribution in [1.82, 2.24) is 25.0 Å². The number of hydrogen-bond donors (Lipinski definition) is 4. The third-order valence-corrected chi connectivity index (χ3v) is 7.20. The van der Waals surface area contributed by atoms with E-state index in [1.54, 1.807) is 39.2 Å². The summed E-state index contributed by atoms with van der Waals surface area (Å²) >= 11 is 0. The first-order valence-corrected chi connectivity index (χ1v) is 13.0. The van der Waals surface area contributed by atoms with Gasteiger partial charge in [-0.15, -0.1) is 0 Å². The number of nitrogens with zero attached hydrogens (tertiary/aromatic N) is 3. The predicted molar refractivity (Wildman–Crippen MR) is 136 cm³/mol. The zero-order chi connectivity index (χ0) is 25.7. The Morgan fingerprint density at radius 2 is 1.78 bits per heavy atom. The quantitative estimate of drug-likeness (QED) is 0.338. The Balaban J connectivity index is 1.54. The van der Waals surface area contributed by atoms with Crippen molar-refractivity contribution in [2.24, 2.45) is 0 Å². The summed E-state index contributed by atoms with van der Waals surface area (Å²) < 4.78 is 33.6. The molecule has 2 aromatic carbocycles. The second-order valence-electron chi connectivity index (χ2n) is 8.61. The highest BCUT2D eigenvalue weighted by atomic mass is 32.2. The highest BCUT2D eigenvalue weighted by Gasteiger charge is 2.22. The van der Waals surface area contributed by atoms with E-state index in [4.69, 9.17) is 4.74 Å². The third kappa shape index (κ3) is 6.14. The largest absolute Gasteiger partial charge is 0.495 e. The van der Waals surface area contributed by atoms with Gasteiger partial charge in [0.1, 0.15) is 22.8 Å². The van der Waals surface area contributed by atoms with Gasteiger partial charge in [-0.3, -0.25) is 4.79 Å². The number of ether oxygens (including phenoxy) is 1. The zero-order valence-corrected chi connectivity index (χ0v) is 21.1. The molecule has 4 N–H and O–H groups in total. The van der Waals surface area contributed by atoms with Crippen LogP contribution >= 0.6 is 0 Å². The van der Waals surface area contributed by atoms with Crippen LogP contribution in [0.1, 0.15) is 38.3 Å². The lowest BCUT2D eigenvalue weighted by Gasteiger charge is -2.24. The zero-order valence-electron chi connectivity index (χ0n) is 20.3. The van der Waals surface area contributed by atoms with Crippen LogP contribution in [0.3, 0.4) is 0 Å². The first-order chi connectivity index (χ1) is 17.2. The number of para-hydroxylation sites is 1. The molecule has 12 heteroatoms. The van der Waals surface area contributed by atoms with Crippen molar-refractivity contribution >= 4 is 39.1 Å². The number of benzene rings is 2. The summed E-state index contributed by atoms with van der Waals surface area (Å²) in [6.45, 7) is 4.16. The minimum Gasteiger partial charge on any atom is -0.495 e. The molecule has 3 aromatic rings. The first kappa shape index (κ1) is 25.5. The molecule has 4 rings (SSSR count). The van der Waals surface area contributed by atoms with Gasteiger partial charge in [-0.05, 0) is 43.7 Å². The van der Waals surface area contributed by atoms with E-state index < -0.39 is 10.0 Å². The molecule has 190 valence electrons. The molecule has 0 bridgehead atoms. The van der Waals surface area contributed by atoms with Crippen molar-refractivity contribution in [1.29, 1.82) is 0 Å². The SMILES string of the molecule is COc1cc(C2CC(=O)CCN2)ccc1Nc1ncnc(Nc2ccccc2S(=O)(=O)NC(C)C)n1. The fourth-order valence-corrected chi connectivity index (χ4v) is 5.30. The number of hydrogen-bond acceptors (Lipinski definition) is 10. The Morgan fingerprint density at radius 1 is 1.06 bits per heavy atom. The number of carbonyl (C=O) groups excluding carboxylic acids is 1. The number of aromatic nitrogens is 3. The molecule has 1 fully saturated rings. The normalized spacial score (nSPS) is 16.1. The van der Waals surface area contributed by atoms with Gasteiger partial charge in [-0.1, -0.05) is 18.2 Å². The molecule has 1 aliphatic heterocycles. The minimum absolute atomic E-state index is 0.0521. The highest BCUT2D eigenvalue weighted by molar-refractivity contribution is 7.89. The maximum atomic E-state index is 12.7. The molecule has 1 unspecified atom stereocenters. The van der Waals surface area contributed by atoms with Gasteiger partial charge in [0, 0.05) is 31.5 Å². The molecular formula is C24H29N7O4S. The smallest absolute Gasteiger partial charge is 0.242 e. The Hall–Kier alpha value is -3.61. The Morgan fingerprint density at radius 3 is 2.47 bits per heavy atom. The third-order valence-electron chi connectivity index (χ3n) is 5.49. The molecule has 36 heavy (non-hydrogen) atoms.